The lowest BCUT2D eigenvalue weighted by molar-refractivity contribution is 0.474. The molecule has 1 atom stereocenters. The minimum absolute atomic E-state index is 0.0168. The Morgan fingerprint density at radius 3 is 2.30 bits per heavy atom. The average molecular weight is 312 g/mol. The topological polar surface area (TPSA) is 66.4 Å². The van der Waals surface area contributed by atoms with E-state index in [-0.39, 0.29) is 10.6 Å². The molecule has 4 nitrogen and oxygen atoms in total. The Bertz CT molecular complexity index is 699. The molecule has 0 aliphatic rings. The summed E-state index contributed by atoms with van der Waals surface area (Å²) in [5, 5.41) is 9.69. The van der Waals surface area contributed by atoms with Crippen molar-refractivity contribution < 1.29 is 13.5 Å². The van der Waals surface area contributed by atoms with Gasteiger partial charge in [-0.25, -0.2) is 13.1 Å². The summed E-state index contributed by atoms with van der Waals surface area (Å²) in [7, 11) is -3.66. The predicted molar refractivity (Wildman–Crippen MR) is 78.3 cm³/mol. The second-order valence-electron chi connectivity index (χ2n) is 4.36. The molecule has 0 aromatic heterocycles. The van der Waals surface area contributed by atoms with Crippen molar-refractivity contribution in [3.63, 3.8) is 0 Å². The molecule has 0 aliphatic carbocycles. The number of benzene rings is 2. The Hall–Kier alpha value is -1.56. The van der Waals surface area contributed by atoms with E-state index in [1.807, 2.05) is 0 Å². The van der Waals surface area contributed by atoms with E-state index >= 15 is 0 Å². The lowest BCUT2D eigenvalue weighted by Crippen LogP contribution is -2.27. The van der Waals surface area contributed by atoms with E-state index in [2.05, 4.69) is 4.72 Å². The minimum Gasteiger partial charge on any atom is -0.508 e. The molecule has 6 heteroatoms. The van der Waals surface area contributed by atoms with Crippen molar-refractivity contribution in [2.75, 3.05) is 0 Å². The Balaban J connectivity index is 2.24. The highest BCUT2D eigenvalue weighted by atomic mass is 35.5. The average Bonchev–Trinajstić information content (AvgIpc) is 2.39. The first-order valence-electron chi connectivity index (χ1n) is 5.96. The van der Waals surface area contributed by atoms with Crippen LogP contribution in [0.3, 0.4) is 0 Å². The zero-order chi connectivity index (χ0) is 14.8. The van der Waals surface area contributed by atoms with E-state index < -0.39 is 16.1 Å². The SMILES string of the molecule is CC(NS(=O)(=O)c1ccc(O)cc1)c1ccccc1Cl. The molecule has 0 aliphatic heterocycles. The highest BCUT2D eigenvalue weighted by Crippen LogP contribution is 2.24. The van der Waals surface area contributed by atoms with Crippen molar-refractivity contribution in [1.29, 1.82) is 0 Å². The van der Waals surface area contributed by atoms with Crippen molar-refractivity contribution >= 4 is 21.6 Å². The van der Waals surface area contributed by atoms with Crippen LogP contribution in [0.5, 0.6) is 5.75 Å². The molecule has 2 rings (SSSR count). The van der Waals surface area contributed by atoms with Crippen molar-refractivity contribution in [3.05, 3.63) is 59.1 Å². The molecular formula is C14H14ClNO3S. The molecule has 2 aromatic rings. The molecule has 106 valence electrons. The van der Waals surface area contributed by atoms with Crippen molar-refractivity contribution in [1.82, 2.24) is 4.72 Å². The van der Waals surface area contributed by atoms with Crippen LogP contribution in [0.2, 0.25) is 5.02 Å². The second-order valence-corrected chi connectivity index (χ2v) is 6.48. The number of sulfonamides is 1. The van der Waals surface area contributed by atoms with Gasteiger partial charge >= 0.3 is 0 Å². The fourth-order valence-corrected chi connectivity index (χ4v) is 3.34. The third kappa shape index (κ3) is 3.30. The highest BCUT2D eigenvalue weighted by molar-refractivity contribution is 7.89. The van der Waals surface area contributed by atoms with Crippen LogP contribution in [0.4, 0.5) is 0 Å². The van der Waals surface area contributed by atoms with Gasteiger partial charge in [0.1, 0.15) is 5.75 Å². The first kappa shape index (κ1) is 14.8. The summed E-state index contributed by atoms with van der Waals surface area (Å²) in [5.74, 6) is 0.0168. The largest absolute Gasteiger partial charge is 0.508 e. The van der Waals surface area contributed by atoms with Crippen LogP contribution in [0.1, 0.15) is 18.5 Å². The molecule has 2 N–H and O–H groups in total. The van der Waals surface area contributed by atoms with E-state index in [0.717, 1.165) is 0 Å². The molecule has 2 aromatic carbocycles. The summed E-state index contributed by atoms with van der Waals surface area (Å²) in [5.41, 5.74) is 0.705. The first-order valence-corrected chi connectivity index (χ1v) is 7.82. The Morgan fingerprint density at radius 2 is 1.70 bits per heavy atom. The van der Waals surface area contributed by atoms with E-state index in [9.17, 15) is 13.5 Å². The summed E-state index contributed by atoms with van der Waals surface area (Å²) >= 11 is 6.05. The molecule has 0 saturated carbocycles. The molecule has 1 unspecified atom stereocenters. The van der Waals surface area contributed by atoms with Gasteiger partial charge in [-0.15, -0.1) is 0 Å². The second kappa shape index (κ2) is 5.83. The zero-order valence-electron chi connectivity index (χ0n) is 10.7. The molecule has 0 amide bonds. The van der Waals surface area contributed by atoms with Crippen molar-refractivity contribution in [3.8, 4) is 5.75 Å². The Labute approximate surface area is 123 Å². The third-order valence-corrected chi connectivity index (χ3v) is 4.75. The fourth-order valence-electron chi connectivity index (χ4n) is 1.82. The molecule has 0 saturated heterocycles. The number of phenolic OH excluding ortho intramolecular Hbond substituents is 1. The van der Waals surface area contributed by atoms with Crippen LogP contribution in [-0.2, 0) is 10.0 Å². The maximum absolute atomic E-state index is 12.2. The summed E-state index contributed by atoms with van der Waals surface area (Å²) in [6.45, 7) is 1.72. The van der Waals surface area contributed by atoms with Gasteiger partial charge in [-0.05, 0) is 42.8 Å². The summed E-state index contributed by atoms with van der Waals surface area (Å²) in [4.78, 5) is 0.0919. The number of halogens is 1. The molecule has 0 heterocycles. The minimum atomic E-state index is -3.66. The molecule has 0 radical (unpaired) electrons. The van der Waals surface area contributed by atoms with Gasteiger partial charge in [0.05, 0.1) is 4.90 Å². The molecule has 20 heavy (non-hydrogen) atoms. The quantitative estimate of drug-likeness (QED) is 0.912. The predicted octanol–water partition coefficient (Wildman–Crippen LogP) is 3.09. The van der Waals surface area contributed by atoms with Gasteiger partial charge in [0.2, 0.25) is 10.0 Å². The number of nitrogens with one attached hydrogen (secondary N) is 1. The lowest BCUT2D eigenvalue weighted by Gasteiger charge is -2.16. The molecule has 0 bridgehead atoms. The fraction of sp³-hybridized carbons (Fsp3) is 0.143. The van der Waals surface area contributed by atoms with Crippen molar-refractivity contribution in [2.24, 2.45) is 0 Å². The number of rotatable bonds is 4. The smallest absolute Gasteiger partial charge is 0.241 e. The zero-order valence-corrected chi connectivity index (χ0v) is 12.3. The van der Waals surface area contributed by atoms with Gasteiger partial charge in [-0.1, -0.05) is 29.8 Å². The maximum atomic E-state index is 12.2. The van der Waals surface area contributed by atoms with Crippen LogP contribution in [0, 0.1) is 0 Å². The standard InChI is InChI=1S/C14H14ClNO3S/c1-10(13-4-2-3-5-14(13)15)16-20(18,19)12-8-6-11(17)7-9-12/h2-10,16-17H,1H3. The lowest BCUT2D eigenvalue weighted by atomic mass is 10.1. The van der Waals surface area contributed by atoms with Crippen LogP contribution in [-0.4, -0.2) is 13.5 Å². The molecule has 0 fully saturated rings. The van der Waals surface area contributed by atoms with E-state index in [1.54, 1.807) is 31.2 Å². The normalized spacial score (nSPS) is 13.1. The van der Waals surface area contributed by atoms with Gasteiger partial charge in [-0.3, -0.25) is 0 Å². The highest BCUT2D eigenvalue weighted by Gasteiger charge is 2.19. The number of phenols is 1. The van der Waals surface area contributed by atoms with Gasteiger partial charge < -0.3 is 5.11 Å². The van der Waals surface area contributed by atoms with Gasteiger partial charge in [0.25, 0.3) is 0 Å². The maximum Gasteiger partial charge on any atom is 0.241 e. The molecule has 0 spiro atoms. The Kier molecular flexibility index (Phi) is 4.32. The summed E-state index contributed by atoms with van der Waals surface area (Å²) in [6, 6.07) is 12.0. The summed E-state index contributed by atoms with van der Waals surface area (Å²) < 4.78 is 27.0. The Morgan fingerprint density at radius 1 is 1.10 bits per heavy atom. The van der Waals surface area contributed by atoms with E-state index in [0.29, 0.717) is 10.6 Å². The van der Waals surface area contributed by atoms with Crippen LogP contribution in [0.15, 0.2) is 53.4 Å². The van der Waals surface area contributed by atoms with Gasteiger partial charge in [0, 0.05) is 11.1 Å². The van der Waals surface area contributed by atoms with Crippen LogP contribution in [0.25, 0.3) is 0 Å². The van der Waals surface area contributed by atoms with E-state index in [4.69, 9.17) is 11.6 Å². The van der Waals surface area contributed by atoms with Gasteiger partial charge in [-0.2, -0.15) is 0 Å². The van der Waals surface area contributed by atoms with Crippen LogP contribution >= 0.6 is 11.6 Å². The van der Waals surface area contributed by atoms with Crippen LogP contribution < -0.4 is 4.72 Å². The molecular weight excluding hydrogens is 298 g/mol. The van der Waals surface area contributed by atoms with E-state index in [1.165, 1.54) is 24.3 Å². The monoisotopic (exact) mass is 311 g/mol. The first-order chi connectivity index (χ1) is 9.40. The third-order valence-electron chi connectivity index (χ3n) is 2.85. The van der Waals surface area contributed by atoms with Crippen molar-refractivity contribution in [2.45, 2.75) is 17.9 Å². The number of hydrogen-bond acceptors (Lipinski definition) is 3. The summed E-state index contributed by atoms with van der Waals surface area (Å²) in [6.07, 6.45) is 0. The number of aromatic hydroxyl groups is 1. The number of hydrogen-bond donors (Lipinski definition) is 2. The van der Waals surface area contributed by atoms with Gasteiger partial charge in [0.15, 0.2) is 0 Å².